The molecule has 0 aromatic rings. The van der Waals surface area contributed by atoms with Crippen LogP contribution in [-0.4, -0.2) is 12.6 Å². The minimum Gasteiger partial charge on any atom is -0.313 e. The summed E-state index contributed by atoms with van der Waals surface area (Å²) >= 11 is 0. The Balaban J connectivity index is 2.08. The standard InChI is InChI=1S/C15H29N/c1-4-16-14(13-7-8-13)15(11-12(2)3)9-5-6-10-15/h12-14,16H,4-11H2,1-3H3. The molecule has 0 amide bonds. The molecule has 1 heteroatoms. The fourth-order valence-corrected chi connectivity index (χ4v) is 4.07. The van der Waals surface area contributed by atoms with E-state index < -0.39 is 0 Å². The SMILES string of the molecule is CCNC(C1CC1)C1(CC(C)C)CCCC1. The molecule has 1 nitrogen and oxygen atoms in total. The molecule has 2 rings (SSSR count). The fourth-order valence-electron chi connectivity index (χ4n) is 4.07. The van der Waals surface area contributed by atoms with E-state index in [2.05, 4.69) is 26.1 Å². The van der Waals surface area contributed by atoms with Crippen molar-refractivity contribution in [3.8, 4) is 0 Å². The summed E-state index contributed by atoms with van der Waals surface area (Å²) in [6, 6.07) is 0.836. The average molecular weight is 223 g/mol. The third-order valence-electron chi connectivity index (χ3n) is 4.59. The van der Waals surface area contributed by atoms with E-state index in [0.29, 0.717) is 5.41 Å². The van der Waals surface area contributed by atoms with E-state index in [9.17, 15) is 0 Å². The summed E-state index contributed by atoms with van der Waals surface area (Å²) in [7, 11) is 0. The lowest BCUT2D eigenvalue weighted by Crippen LogP contribution is -2.46. The number of rotatable bonds is 6. The van der Waals surface area contributed by atoms with Gasteiger partial charge in [0.25, 0.3) is 0 Å². The molecule has 2 aliphatic carbocycles. The van der Waals surface area contributed by atoms with Gasteiger partial charge >= 0.3 is 0 Å². The third kappa shape index (κ3) is 2.61. The Morgan fingerprint density at radius 2 is 1.81 bits per heavy atom. The lowest BCUT2D eigenvalue weighted by atomic mass is 9.71. The smallest absolute Gasteiger partial charge is 0.0152 e. The van der Waals surface area contributed by atoms with Gasteiger partial charge in [0.2, 0.25) is 0 Å². The first-order valence-electron chi connectivity index (χ1n) is 7.41. The second-order valence-electron chi connectivity index (χ2n) is 6.54. The molecule has 2 fully saturated rings. The van der Waals surface area contributed by atoms with Crippen LogP contribution in [0.2, 0.25) is 0 Å². The minimum absolute atomic E-state index is 0.658. The van der Waals surface area contributed by atoms with Crippen molar-refractivity contribution in [3.63, 3.8) is 0 Å². The molecule has 0 heterocycles. The Kier molecular flexibility index (Phi) is 3.94. The maximum absolute atomic E-state index is 3.83. The van der Waals surface area contributed by atoms with Gasteiger partial charge in [0.05, 0.1) is 0 Å². The van der Waals surface area contributed by atoms with Gasteiger partial charge in [0.15, 0.2) is 0 Å². The third-order valence-corrected chi connectivity index (χ3v) is 4.59. The lowest BCUT2D eigenvalue weighted by molar-refractivity contribution is 0.140. The first kappa shape index (κ1) is 12.4. The fraction of sp³-hybridized carbons (Fsp3) is 1.00. The molecule has 2 saturated carbocycles. The van der Waals surface area contributed by atoms with Gasteiger partial charge in [-0.2, -0.15) is 0 Å². The Hall–Kier alpha value is -0.0400. The molecular formula is C15H29N. The van der Waals surface area contributed by atoms with E-state index in [0.717, 1.165) is 24.4 Å². The number of hydrogen-bond donors (Lipinski definition) is 1. The highest BCUT2D eigenvalue weighted by atomic mass is 14.9. The van der Waals surface area contributed by atoms with Gasteiger partial charge in [-0.05, 0) is 55.9 Å². The van der Waals surface area contributed by atoms with Gasteiger partial charge in [-0.25, -0.2) is 0 Å². The van der Waals surface area contributed by atoms with Crippen molar-refractivity contribution in [1.82, 2.24) is 5.32 Å². The van der Waals surface area contributed by atoms with Crippen LogP contribution < -0.4 is 5.32 Å². The number of nitrogens with one attached hydrogen (secondary N) is 1. The predicted molar refractivity (Wildman–Crippen MR) is 70.5 cm³/mol. The summed E-state index contributed by atoms with van der Waals surface area (Å²) in [5, 5.41) is 3.83. The lowest BCUT2D eigenvalue weighted by Gasteiger charge is -2.40. The Morgan fingerprint density at radius 1 is 1.19 bits per heavy atom. The summed E-state index contributed by atoms with van der Waals surface area (Å²) in [5.74, 6) is 1.87. The maximum Gasteiger partial charge on any atom is 0.0152 e. The highest BCUT2D eigenvalue weighted by Gasteiger charge is 2.47. The van der Waals surface area contributed by atoms with Crippen LogP contribution in [0.25, 0.3) is 0 Å². The Labute approximate surface area is 101 Å². The second kappa shape index (κ2) is 5.08. The molecular weight excluding hydrogens is 194 g/mol. The van der Waals surface area contributed by atoms with Crippen LogP contribution in [0.15, 0.2) is 0 Å². The van der Waals surface area contributed by atoms with Crippen molar-refractivity contribution in [2.75, 3.05) is 6.54 Å². The largest absolute Gasteiger partial charge is 0.313 e. The minimum atomic E-state index is 0.658. The summed E-state index contributed by atoms with van der Waals surface area (Å²) in [6.45, 7) is 8.22. The highest BCUT2D eigenvalue weighted by molar-refractivity contribution is 5.01. The van der Waals surface area contributed by atoms with Gasteiger partial charge in [0.1, 0.15) is 0 Å². The molecule has 0 aliphatic heterocycles. The molecule has 0 radical (unpaired) electrons. The van der Waals surface area contributed by atoms with Crippen molar-refractivity contribution >= 4 is 0 Å². The molecule has 2 aliphatic rings. The molecule has 1 N–H and O–H groups in total. The summed E-state index contributed by atoms with van der Waals surface area (Å²) in [4.78, 5) is 0. The second-order valence-corrected chi connectivity index (χ2v) is 6.54. The predicted octanol–water partition coefficient (Wildman–Crippen LogP) is 3.98. The van der Waals surface area contributed by atoms with Gasteiger partial charge in [-0.15, -0.1) is 0 Å². The van der Waals surface area contributed by atoms with Gasteiger partial charge in [-0.1, -0.05) is 33.6 Å². The monoisotopic (exact) mass is 223 g/mol. The van der Waals surface area contributed by atoms with E-state index in [1.54, 1.807) is 0 Å². The Morgan fingerprint density at radius 3 is 2.25 bits per heavy atom. The van der Waals surface area contributed by atoms with Crippen LogP contribution >= 0.6 is 0 Å². The van der Waals surface area contributed by atoms with E-state index in [4.69, 9.17) is 0 Å². The summed E-state index contributed by atoms with van der Waals surface area (Å²) < 4.78 is 0. The topological polar surface area (TPSA) is 12.0 Å². The van der Waals surface area contributed by atoms with E-state index >= 15 is 0 Å². The first-order valence-corrected chi connectivity index (χ1v) is 7.41. The number of hydrogen-bond acceptors (Lipinski definition) is 1. The molecule has 0 aromatic heterocycles. The van der Waals surface area contributed by atoms with Crippen molar-refractivity contribution in [2.45, 2.75) is 71.8 Å². The molecule has 0 saturated heterocycles. The molecule has 0 bridgehead atoms. The molecule has 16 heavy (non-hydrogen) atoms. The molecule has 1 unspecified atom stereocenters. The van der Waals surface area contributed by atoms with Gasteiger partial charge in [0, 0.05) is 6.04 Å². The summed E-state index contributed by atoms with van der Waals surface area (Å²) in [6.07, 6.45) is 10.3. The average Bonchev–Trinajstić information content (AvgIpc) is 2.95. The van der Waals surface area contributed by atoms with Crippen LogP contribution in [-0.2, 0) is 0 Å². The molecule has 1 atom stereocenters. The van der Waals surface area contributed by atoms with E-state index in [1.165, 1.54) is 44.9 Å². The first-order chi connectivity index (χ1) is 7.68. The quantitative estimate of drug-likeness (QED) is 0.718. The zero-order valence-electron chi connectivity index (χ0n) is 11.4. The normalized spacial score (nSPS) is 26.2. The zero-order chi connectivity index (χ0) is 11.6. The van der Waals surface area contributed by atoms with Crippen LogP contribution in [0, 0.1) is 17.3 Å². The van der Waals surface area contributed by atoms with Crippen molar-refractivity contribution < 1.29 is 0 Å². The molecule has 94 valence electrons. The van der Waals surface area contributed by atoms with Crippen LogP contribution in [0.4, 0.5) is 0 Å². The molecule has 0 aromatic carbocycles. The van der Waals surface area contributed by atoms with Gasteiger partial charge in [-0.3, -0.25) is 0 Å². The van der Waals surface area contributed by atoms with Crippen molar-refractivity contribution in [1.29, 1.82) is 0 Å². The van der Waals surface area contributed by atoms with Crippen molar-refractivity contribution in [2.24, 2.45) is 17.3 Å². The molecule has 0 spiro atoms. The van der Waals surface area contributed by atoms with Crippen LogP contribution in [0.1, 0.15) is 65.7 Å². The van der Waals surface area contributed by atoms with Gasteiger partial charge < -0.3 is 5.32 Å². The van der Waals surface area contributed by atoms with Crippen LogP contribution in [0.5, 0.6) is 0 Å². The zero-order valence-corrected chi connectivity index (χ0v) is 11.4. The highest BCUT2D eigenvalue weighted by Crippen LogP contribution is 2.52. The van der Waals surface area contributed by atoms with Crippen molar-refractivity contribution in [3.05, 3.63) is 0 Å². The van der Waals surface area contributed by atoms with E-state index in [1.807, 2.05) is 0 Å². The Bertz CT molecular complexity index is 211. The van der Waals surface area contributed by atoms with E-state index in [-0.39, 0.29) is 0 Å². The maximum atomic E-state index is 3.83. The van der Waals surface area contributed by atoms with Crippen LogP contribution in [0.3, 0.4) is 0 Å². The summed E-state index contributed by atoms with van der Waals surface area (Å²) in [5.41, 5.74) is 0.658.